The molecule has 1 aliphatic carbocycles. The highest BCUT2D eigenvalue weighted by Crippen LogP contribution is 2.42. The van der Waals surface area contributed by atoms with E-state index >= 15 is 0 Å². The monoisotopic (exact) mass is 534 g/mol. The highest BCUT2D eigenvalue weighted by atomic mass is 35.5. The Labute approximate surface area is 232 Å². The molecule has 2 aliphatic rings. The molecule has 0 saturated carbocycles. The first-order chi connectivity index (χ1) is 17.7. The van der Waals surface area contributed by atoms with Crippen molar-refractivity contribution in [3.05, 3.63) is 71.6 Å². The molecular formula is C32H39ClN2O3. The minimum absolute atomic E-state index is 0. The lowest BCUT2D eigenvalue weighted by atomic mass is 9.90. The number of benzene rings is 3. The van der Waals surface area contributed by atoms with E-state index in [0.717, 1.165) is 70.6 Å². The van der Waals surface area contributed by atoms with Crippen molar-refractivity contribution in [1.29, 1.82) is 0 Å². The number of nitrogens with zero attached hydrogens (tertiary/aromatic N) is 2. The number of esters is 1. The number of anilines is 1. The maximum atomic E-state index is 13.3. The van der Waals surface area contributed by atoms with Crippen LogP contribution in [0.4, 0.5) is 5.69 Å². The molecule has 2 aromatic rings. The van der Waals surface area contributed by atoms with Crippen LogP contribution in [0.25, 0.3) is 33.4 Å². The fraction of sp³-hybridized carbons (Fsp3) is 0.375. The van der Waals surface area contributed by atoms with Gasteiger partial charge in [0.25, 0.3) is 0 Å². The van der Waals surface area contributed by atoms with Gasteiger partial charge >= 0.3 is 5.97 Å². The fourth-order valence-corrected chi connectivity index (χ4v) is 4.94. The van der Waals surface area contributed by atoms with E-state index in [1.54, 1.807) is 0 Å². The van der Waals surface area contributed by atoms with Crippen LogP contribution in [0.5, 0.6) is 0 Å². The van der Waals surface area contributed by atoms with E-state index in [-0.39, 0.29) is 18.4 Å². The molecule has 0 atom stereocenters. The first-order valence-electron chi connectivity index (χ1n) is 13.4. The van der Waals surface area contributed by atoms with Gasteiger partial charge in [-0.25, -0.2) is 9.37 Å². The van der Waals surface area contributed by atoms with E-state index in [2.05, 4.69) is 73.6 Å². The van der Waals surface area contributed by atoms with Gasteiger partial charge in [-0.1, -0.05) is 18.2 Å². The summed E-state index contributed by atoms with van der Waals surface area (Å²) in [5, 5.41) is 2.09. The molecule has 0 bridgehead atoms. The van der Waals surface area contributed by atoms with Crippen LogP contribution in [0.3, 0.4) is 0 Å². The van der Waals surface area contributed by atoms with Crippen LogP contribution in [0, 0.1) is 0 Å². The second-order valence-electron chi connectivity index (χ2n) is 10.2. The van der Waals surface area contributed by atoms with Crippen LogP contribution in [0.2, 0.25) is 0 Å². The van der Waals surface area contributed by atoms with Crippen LogP contribution in [0.1, 0.15) is 58.8 Å². The Kier molecular flexibility index (Phi) is 9.26. The van der Waals surface area contributed by atoms with Gasteiger partial charge in [-0.3, -0.25) is 0 Å². The van der Waals surface area contributed by atoms with Crippen molar-refractivity contribution < 1.29 is 26.4 Å². The zero-order valence-corrected chi connectivity index (χ0v) is 24.4. The van der Waals surface area contributed by atoms with E-state index in [1.165, 1.54) is 0 Å². The molecule has 4 rings (SSSR count). The molecule has 0 N–H and O–H groups in total. The summed E-state index contributed by atoms with van der Waals surface area (Å²) in [4.78, 5) is 15.6. The van der Waals surface area contributed by atoms with E-state index in [0.29, 0.717) is 5.56 Å². The van der Waals surface area contributed by atoms with Crippen LogP contribution in [-0.4, -0.2) is 37.7 Å². The van der Waals surface area contributed by atoms with Crippen molar-refractivity contribution in [2.45, 2.75) is 54.1 Å². The summed E-state index contributed by atoms with van der Waals surface area (Å²) >= 11 is 0. The summed E-state index contributed by atoms with van der Waals surface area (Å²) in [6.07, 6.45) is 0. The number of fused-ring (bicyclic) bond motifs is 2. The average Bonchev–Trinajstić information content (AvgIpc) is 2.87. The number of hydrogen-bond acceptors (Lipinski definition) is 4. The zero-order chi connectivity index (χ0) is 26.7. The van der Waals surface area contributed by atoms with Crippen LogP contribution < -0.4 is 27.2 Å². The quantitative estimate of drug-likeness (QED) is 0.205. The lowest BCUT2D eigenvalue weighted by Gasteiger charge is -2.23. The SMILES string of the molecule is CCN(CC)c1ccc2c(-c3ccccc3C(=O)OC(C)(C)C)c3ccc(=[N+](CC)CC)cc-3oc2c1.[Cl-]. The molecule has 1 heterocycles. The lowest BCUT2D eigenvalue weighted by molar-refractivity contribution is -0.000181. The largest absolute Gasteiger partial charge is 1.00 e. The van der Waals surface area contributed by atoms with Gasteiger partial charge in [0.05, 0.1) is 11.6 Å². The molecule has 0 radical (unpaired) electrons. The Balaban J connectivity index is 0.00000400. The van der Waals surface area contributed by atoms with Gasteiger partial charge in [0.2, 0.25) is 5.36 Å². The Bertz CT molecular complexity index is 1460. The number of halogens is 1. The van der Waals surface area contributed by atoms with Gasteiger partial charge in [-0.2, -0.15) is 0 Å². The normalized spacial score (nSPS) is 11.3. The molecule has 0 unspecified atom stereocenters. The summed E-state index contributed by atoms with van der Waals surface area (Å²) in [6.45, 7) is 18.0. The molecule has 0 saturated heterocycles. The number of carbonyl (C=O) groups excluding carboxylic acids is 1. The minimum Gasteiger partial charge on any atom is -1.00 e. The molecule has 0 fully saturated rings. The van der Waals surface area contributed by atoms with E-state index in [9.17, 15) is 4.79 Å². The Morgan fingerprint density at radius 2 is 1.58 bits per heavy atom. The van der Waals surface area contributed by atoms with Crippen molar-refractivity contribution in [3.63, 3.8) is 0 Å². The lowest BCUT2D eigenvalue weighted by Crippen LogP contribution is -3.00. The summed E-state index contributed by atoms with van der Waals surface area (Å²) in [5.74, 6) is 0.465. The number of carbonyl (C=O) groups is 1. The standard InChI is InChI=1S/C32H39N2O3.ClH/c1-8-33(9-2)22-16-18-26-28(20-22)36-29-21-23(34(10-3)11-4)17-19-27(29)30(26)24-14-12-13-15-25(24)31(35)37-32(5,6)7;/h12-21H,8-11H2,1-7H3;1H/q+1;/p-1. The second-order valence-corrected chi connectivity index (χ2v) is 10.2. The smallest absolute Gasteiger partial charge is 0.339 e. The zero-order valence-electron chi connectivity index (χ0n) is 23.6. The van der Waals surface area contributed by atoms with Gasteiger partial charge in [0.1, 0.15) is 30.0 Å². The summed E-state index contributed by atoms with van der Waals surface area (Å²) in [5.41, 5.74) is 4.66. The Morgan fingerprint density at radius 3 is 2.21 bits per heavy atom. The first-order valence-corrected chi connectivity index (χ1v) is 13.4. The molecule has 5 nitrogen and oxygen atoms in total. The summed E-state index contributed by atoms with van der Waals surface area (Å²) < 4.78 is 14.7. The molecule has 2 aromatic carbocycles. The van der Waals surface area contributed by atoms with Crippen molar-refractivity contribution in [2.24, 2.45) is 0 Å². The minimum atomic E-state index is -0.586. The molecule has 38 heavy (non-hydrogen) atoms. The van der Waals surface area contributed by atoms with Gasteiger partial charge in [-0.15, -0.1) is 0 Å². The van der Waals surface area contributed by atoms with Crippen LogP contribution >= 0.6 is 0 Å². The summed E-state index contributed by atoms with van der Waals surface area (Å²) in [7, 11) is 0. The van der Waals surface area contributed by atoms with Gasteiger partial charge < -0.3 is 26.5 Å². The third kappa shape index (κ3) is 5.88. The van der Waals surface area contributed by atoms with Crippen molar-refractivity contribution in [2.75, 3.05) is 31.1 Å². The topological polar surface area (TPSA) is 45.7 Å². The predicted octanol–water partition coefficient (Wildman–Crippen LogP) is 3.82. The maximum absolute atomic E-state index is 13.3. The highest BCUT2D eigenvalue weighted by molar-refractivity contribution is 6.08. The fourth-order valence-electron chi connectivity index (χ4n) is 4.94. The Morgan fingerprint density at radius 1 is 0.895 bits per heavy atom. The van der Waals surface area contributed by atoms with Crippen molar-refractivity contribution in [1.82, 2.24) is 4.58 Å². The predicted molar refractivity (Wildman–Crippen MR) is 153 cm³/mol. The number of ether oxygens (including phenoxy) is 1. The van der Waals surface area contributed by atoms with Crippen LogP contribution in [-0.2, 0) is 4.74 Å². The number of rotatable bonds is 7. The molecule has 202 valence electrons. The first kappa shape index (κ1) is 29.2. The molecule has 0 aromatic heterocycles. The molecule has 0 amide bonds. The second kappa shape index (κ2) is 12.0. The molecule has 6 heteroatoms. The van der Waals surface area contributed by atoms with E-state index in [1.807, 2.05) is 45.0 Å². The van der Waals surface area contributed by atoms with Crippen molar-refractivity contribution in [3.8, 4) is 22.5 Å². The molecule has 0 spiro atoms. The highest BCUT2D eigenvalue weighted by Gasteiger charge is 2.25. The molecule has 1 aliphatic heterocycles. The number of hydrogen-bond donors (Lipinski definition) is 0. The van der Waals surface area contributed by atoms with E-state index in [4.69, 9.17) is 9.15 Å². The third-order valence-corrected chi connectivity index (χ3v) is 6.76. The van der Waals surface area contributed by atoms with Crippen LogP contribution in [0.15, 0.2) is 65.1 Å². The van der Waals surface area contributed by atoms with Gasteiger partial charge in [0, 0.05) is 47.4 Å². The molecular weight excluding hydrogens is 496 g/mol. The maximum Gasteiger partial charge on any atom is 0.339 e. The summed E-state index contributed by atoms with van der Waals surface area (Å²) in [6, 6.07) is 20.5. The van der Waals surface area contributed by atoms with Gasteiger partial charge in [0.15, 0.2) is 0 Å². The van der Waals surface area contributed by atoms with Crippen molar-refractivity contribution >= 4 is 22.6 Å². The average molecular weight is 535 g/mol. The third-order valence-electron chi connectivity index (χ3n) is 6.76. The van der Waals surface area contributed by atoms with Gasteiger partial charge in [-0.05, 0) is 78.3 Å². The Hall–Kier alpha value is -3.31. The van der Waals surface area contributed by atoms with E-state index < -0.39 is 5.60 Å².